The lowest BCUT2D eigenvalue weighted by molar-refractivity contribution is 0.585. The second kappa shape index (κ2) is 5.46. The molecule has 19 heavy (non-hydrogen) atoms. The van der Waals surface area contributed by atoms with Crippen LogP contribution in [0, 0.1) is 13.8 Å². The minimum absolute atomic E-state index is 0.0635. The Bertz CT molecular complexity index is 584. The number of hydrogen-bond donors (Lipinski definition) is 1. The lowest BCUT2D eigenvalue weighted by Gasteiger charge is -2.12. The van der Waals surface area contributed by atoms with Crippen molar-refractivity contribution in [3.05, 3.63) is 33.3 Å². The van der Waals surface area contributed by atoms with Gasteiger partial charge in [0.2, 0.25) is 0 Å². The number of halogens is 1. The molecule has 2 heterocycles. The Kier molecular flexibility index (Phi) is 4.10. The molecule has 0 amide bonds. The van der Waals surface area contributed by atoms with E-state index in [0.29, 0.717) is 0 Å². The minimum Gasteiger partial charge on any atom is -0.324 e. The maximum absolute atomic E-state index is 6.33. The second-order valence-corrected chi connectivity index (χ2v) is 5.61. The summed E-state index contributed by atoms with van der Waals surface area (Å²) in [4.78, 5) is 0. The predicted molar refractivity (Wildman–Crippen MR) is 78.9 cm³/mol. The summed E-state index contributed by atoms with van der Waals surface area (Å²) in [7, 11) is 1.92. The molecule has 2 aromatic rings. The normalized spacial score (nSPS) is 12.9. The van der Waals surface area contributed by atoms with Gasteiger partial charge in [0.1, 0.15) is 0 Å². The van der Waals surface area contributed by atoms with Gasteiger partial charge < -0.3 is 5.73 Å². The van der Waals surface area contributed by atoms with Crippen LogP contribution in [-0.2, 0) is 20.0 Å². The Morgan fingerprint density at radius 3 is 2.53 bits per heavy atom. The molecule has 0 fully saturated rings. The molecule has 1 atom stereocenters. The molecule has 6 heteroatoms. The molecule has 0 saturated carbocycles. The molecule has 0 saturated heterocycles. The van der Waals surface area contributed by atoms with Crippen molar-refractivity contribution in [2.75, 3.05) is 0 Å². The van der Waals surface area contributed by atoms with Gasteiger partial charge in [0.05, 0.1) is 21.6 Å². The minimum atomic E-state index is -0.0635. The van der Waals surface area contributed by atoms with E-state index in [-0.39, 0.29) is 6.04 Å². The molecule has 104 valence electrons. The van der Waals surface area contributed by atoms with Crippen LogP contribution in [-0.4, -0.2) is 19.6 Å². The molecule has 2 N–H and O–H groups in total. The predicted octanol–water partition coefficient (Wildman–Crippen LogP) is 2.26. The van der Waals surface area contributed by atoms with E-state index in [1.54, 1.807) is 0 Å². The van der Waals surface area contributed by atoms with Gasteiger partial charge in [-0.05, 0) is 36.7 Å². The van der Waals surface area contributed by atoms with Crippen LogP contribution in [0.4, 0.5) is 0 Å². The van der Waals surface area contributed by atoms with E-state index in [2.05, 4.69) is 33.1 Å². The molecule has 0 aromatic carbocycles. The zero-order valence-electron chi connectivity index (χ0n) is 11.8. The molecule has 2 aromatic heterocycles. The molecular weight excluding hydrogens is 306 g/mol. The van der Waals surface area contributed by atoms with E-state index in [9.17, 15) is 0 Å². The van der Waals surface area contributed by atoms with Crippen LogP contribution >= 0.6 is 15.9 Å². The third-order valence-electron chi connectivity index (χ3n) is 3.32. The Morgan fingerprint density at radius 1 is 1.32 bits per heavy atom. The molecule has 0 spiro atoms. The first-order valence-electron chi connectivity index (χ1n) is 6.41. The fourth-order valence-corrected chi connectivity index (χ4v) is 2.81. The van der Waals surface area contributed by atoms with Gasteiger partial charge in [-0.25, -0.2) is 0 Å². The summed E-state index contributed by atoms with van der Waals surface area (Å²) < 4.78 is 4.87. The molecular formula is C13H20BrN5. The first-order chi connectivity index (χ1) is 8.93. The largest absolute Gasteiger partial charge is 0.324 e. The van der Waals surface area contributed by atoms with Crippen molar-refractivity contribution in [1.29, 1.82) is 0 Å². The van der Waals surface area contributed by atoms with Crippen LogP contribution in [0.3, 0.4) is 0 Å². The van der Waals surface area contributed by atoms with Crippen LogP contribution in [0.25, 0.3) is 0 Å². The zero-order valence-corrected chi connectivity index (χ0v) is 13.4. The van der Waals surface area contributed by atoms with Gasteiger partial charge in [0.15, 0.2) is 0 Å². The first-order valence-corrected chi connectivity index (χ1v) is 7.20. The van der Waals surface area contributed by atoms with E-state index in [0.717, 1.165) is 40.1 Å². The maximum Gasteiger partial charge on any atom is 0.0738 e. The Hall–Kier alpha value is -1.14. The van der Waals surface area contributed by atoms with Gasteiger partial charge in [0, 0.05) is 37.8 Å². The number of nitrogens with zero attached hydrogens (tertiary/aromatic N) is 4. The number of rotatable bonds is 4. The summed E-state index contributed by atoms with van der Waals surface area (Å²) in [5, 5.41) is 8.84. The summed E-state index contributed by atoms with van der Waals surface area (Å²) in [6, 6.07) is -0.0635. The monoisotopic (exact) mass is 325 g/mol. The number of nitrogens with two attached hydrogens (primary N) is 1. The first kappa shape index (κ1) is 14.3. The smallest absolute Gasteiger partial charge is 0.0738 e. The lowest BCUT2D eigenvalue weighted by Crippen LogP contribution is -2.17. The third-order valence-corrected chi connectivity index (χ3v) is 4.35. The van der Waals surface area contributed by atoms with Gasteiger partial charge in [-0.1, -0.05) is 0 Å². The van der Waals surface area contributed by atoms with E-state index in [1.165, 1.54) is 0 Å². The highest BCUT2D eigenvalue weighted by Crippen LogP contribution is 2.26. The quantitative estimate of drug-likeness (QED) is 0.937. The van der Waals surface area contributed by atoms with Crippen LogP contribution in [0.2, 0.25) is 0 Å². The topological polar surface area (TPSA) is 61.7 Å². The molecule has 0 aliphatic heterocycles. The maximum atomic E-state index is 6.33. The molecule has 0 aliphatic carbocycles. The van der Waals surface area contributed by atoms with Gasteiger partial charge >= 0.3 is 0 Å². The molecule has 0 aliphatic rings. The van der Waals surface area contributed by atoms with Crippen molar-refractivity contribution in [2.24, 2.45) is 12.8 Å². The molecule has 0 radical (unpaired) electrons. The van der Waals surface area contributed by atoms with Crippen molar-refractivity contribution < 1.29 is 0 Å². The van der Waals surface area contributed by atoms with Gasteiger partial charge in [-0.2, -0.15) is 10.2 Å². The van der Waals surface area contributed by atoms with Crippen molar-refractivity contribution >= 4 is 15.9 Å². The highest BCUT2D eigenvalue weighted by Gasteiger charge is 2.18. The van der Waals surface area contributed by atoms with Crippen molar-refractivity contribution in [1.82, 2.24) is 19.6 Å². The van der Waals surface area contributed by atoms with Crippen molar-refractivity contribution in [3.8, 4) is 0 Å². The number of hydrogen-bond acceptors (Lipinski definition) is 3. The summed E-state index contributed by atoms with van der Waals surface area (Å²) in [6.07, 6.45) is 2.75. The fraction of sp³-hybridized carbons (Fsp3) is 0.538. The number of aromatic nitrogens is 4. The summed E-state index contributed by atoms with van der Waals surface area (Å²) in [6.45, 7) is 6.93. The average Bonchev–Trinajstić information content (AvgIpc) is 2.83. The summed E-state index contributed by atoms with van der Waals surface area (Å²) >= 11 is 3.61. The number of aryl methyl sites for hydroxylation is 4. The van der Waals surface area contributed by atoms with Crippen molar-refractivity contribution in [2.45, 2.75) is 39.8 Å². The van der Waals surface area contributed by atoms with E-state index < -0.39 is 0 Å². The molecule has 2 rings (SSSR count). The van der Waals surface area contributed by atoms with E-state index >= 15 is 0 Å². The van der Waals surface area contributed by atoms with Gasteiger partial charge in [-0.3, -0.25) is 9.36 Å². The van der Waals surface area contributed by atoms with Gasteiger partial charge in [-0.15, -0.1) is 0 Å². The Balaban J connectivity index is 2.28. The molecule has 5 nitrogen and oxygen atoms in total. The SMILES string of the molecule is CCn1nc(C)c(Br)c1CC(N)c1cn(C)nc1C. The van der Waals surface area contributed by atoms with E-state index in [1.807, 2.05) is 36.5 Å². The van der Waals surface area contributed by atoms with Gasteiger partial charge in [0.25, 0.3) is 0 Å². The highest BCUT2D eigenvalue weighted by molar-refractivity contribution is 9.10. The Morgan fingerprint density at radius 2 is 2.00 bits per heavy atom. The van der Waals surface area contributed by atoms with Crippen LogP contribution in [0.5, 0.6) is 0 Å². The lowest BCUT2D eigenvalue weighted by atomic mass is 10.0. The van der Waals surface area contributed by atoms with Crippen LogP contribution in [0.15, 0.2) is 10.7 Å². The van der Waals surface area contributed by atoms with Crippen LogP contribution < -0.4 is 5.73 Å². The fourth-order valence-electron chi connectivity index (χ4n) is 2.36. The zero-order chi connectivity index (χ0) is 14.2. The van der Waals surface area contributed by atoms with Crippen LogP contribution in [0.1, 0.15) is 35.6 Å². The second-order valence-electron chi connectivity index (χ2n) is 4.82. The Labute approximate surface area is 121 Å². The third kappa shape index (κ3) is 2.74. The molecule has 0 bridgehead atoms. The summed E-state index contributed by atoms with van der Waals surface area (Å²) in [5.41, 5.74) is 10.6. The summed E-state index contributed by atoms with van der Waals surface area (Å²) in [5.74, 6) is 0. The molecule has 1 unspecified atom stereocenters. The average molecular weight is 326 g/mol. The van der Waals surface area contributed by atoms with E-state index in [4.69, 9.17) is 5.73 Å². The standard InChI is InChI=1S/C13H20BrN5/c1-5-19-12(13(14)9(3)17-19)6-11(15)10-7-18(4)16-8(10)2/h7,11H,5-6,15H2,1-4H3. The highest BCUT2D eigenvalue weighted by atomic mass is 79.9. The van der Waals surface area contributed by atoms with Crippen molar-refractivity contribution in [3.63, 3.8) is 0 Å².